The predicted octanol–water partition coefficient (Wildman–Crippen LogP) is 0.188. The van der Waals surface area contributed by atoms with E-state index in [-0.39, 0.29) is 5.44 Å². The molecule has 1 fully saturated rings. The van der Waals surface area contributed by atoms with Crippen molar-refractivity contribution >= 4 is 11.8 Å². The first-order valence-electron chi connectivity index (χ1n) is 3.14. The SMILES string of the molecule is [CH2]CN1CCSC(O)C1. The number of rotatable bonds is 1. The molecule has 0 saturated carbocycles. The Bertz CT molecular complexity index is 89.1. The first kappa shape index (κ1) is 7.38. The molecule has 0 aromatic rings. The highest BCUT2D eigenvalue weighted by Gasteiger charge is 2.15. The molecule has 0 aromatic carbocycles. The van der Waals surface area contributed by atoms with E-state index in [9.17, 15) is 0 Å². The van der Waals surface area contributed by atoms with E-state index in [0.29, 0.717) is 0 Å². The fourth-order valence-electron chi connectivity index (χ4n) is 0.886. The van der Waals surface area contributed by atoms with Gasteiger partial charge >= 0.3 is 0 Å². The molecule has 0 aromatic heterocycles. The van der Waals surface area contributed by atoms with Gasteiger partial charge in [-0.3, -0.25) is 4.90 Å². The van der Waals surface area contributed by atoms with Crippen LogP contribution in [0.1, 0.15) is 0 Å². The molecule has 1 unspecified atom stereocenters. The lowest BCUT2D eigenvalue weighted by Crippen LogP contribution is -2.37. The lowest BCUT2D eigenvalue weighted by atomic mass is 10.5. The van der Waals surface area contributed by atoms with E-state index in [4.69, 9.17) is 5.11 Å². The molecule has 1 atom stereocenters. The van der Waals surface area contributed by atoms with Gasteiger partial charge in [0, 0.05) is 18.8 Å². The summed E-state index contributed by atoms with van der Waals surface area (Å²) in [7, 11) is 0. The fourth-order valence-corrected chi connectivity index (χ4v) is 1.84. The number of aliphatic hydroxyl groups excluding tert-OH is 1. The molecule has 0 bridgehead atoms. The molecule has 0 aliphatic carbocycles. The molecule has 1 saturated heterocycles. The first-order chi connectivity index (χ1) is 4.33. The predicted molar refractivity (Wildman–Crippen MR) is 40.3 cm³/mol. The van der Waals surface area contributed by atoms with Gasteiger partial charge in [-0.05, 0) is 13.5 Å². The number of aliphatic hydroxyl groups is 1. The van der Waals surface area contributed by atoms with Crippen LogP contribution in [-0.2, 0) is 0 Å². The average Bonchev–Trinajstić information content (AvgIpc) is 1.88. The van der Waals surface area contributed by atoms with Crippen molar-refractivity contribution in [3.05, 3.63) is 6.92 Å². The van der Waals surface area contributed by atoms with Crippen molar-refractivity contribution in [2.45, 2.75) is 5.44 Å². The van der Waals surface area contributed by atoms with Crippen molar-refractivity contribution in [1.29, 1.82) is 0 Å². The largest absolute Gasteiger partial charge is 0.381 e. The highest BCUT2D eigenvalue weighted by Crippen LogP contribution is 2.14. The zero-order valence-corrected chi connectivity index (χ0v) is 6.23. The molecule has 1 radical (unpaired) electrons. The summed E-state index contributed by atoms with van der Waals surface area (Å²) in [5, 5.41) is 9.10. The Morgan fingerprint density at radius 2 is 2.56 bits per heavy atom. The third-order valence-electron chi connectivity index (χ3n) is 1.45. The smallest absolute Gasteiger partial charge is 0.112 e. The number of thioether (sulfide) groups is 1. The highest BCUT2D eigenvalue weighted by molar-refractivity contribution is 7.99. The van der Waals surface area contributed by atoms with E-state index in [2.05, 4.69) is 11.8 Å². The minimum absolute atomic E-state index is 0.180. The molecule has 0 amide bonds. The summed E-state index contributed by atoms with van der Waals surface area (Å²) < 4.78 is 0. The summed E-state index contributed by atoms with van der Waals surface area (Å²) >= 11 is 1.62. The van der Waals surface area contributed by atoms with E-state index in [1.165, 1.54) is 0 Å². The van der Waals surface area contributed by atoms with Gasteiger partial charge in [-0.15, -0.1) is 11.8 Å². The van der Waals surface area contributed by atoms with Gasteiger partial charge in [-0.2, -0.15) is 0 Å². The molecular formula is C6H12NOS. The summed E-state index contributed by atoms with van der Waals surface area (Å²) in [5.74, 6) is 1.04. The van der Waals surface area contributed by atoms with E-state index in [0.717, 1.165) is 25.4 Å². The Balaban J connectivity index is 2.23. The molecular weight excluding hydrogens is 134 g/mol. The van der Waals surface area contributed by atoms with Gasteiger partial charge in [0.25, 0.3) is 0 Å². The van der Waals surface area contributed by atoms with Gasteiger partial charge in [0.05, 0.1) is 0 Å². The van der Waals surface area contributed by atoms with Gasteiger partial charge in [-0.25, -0.2) is 0 Å². The van der Waals surface area contributed by atoms with Gasteiger partial charge in [0.2, 0.25) is 0 Å². The van der Waals surface area contributed by atoms with Gasteiger partial charge in [0.1, 0.15) is 5.44 Å². The maximum absolute atomic E-state index is 9.10. The summed E-state index contributed by atoms with van der Waals surface area (Å²) in [6.45, 7) is 6.43. The second-order valence-corrected chi connectivity index (χ2v) is 3.41. The Kier molecular flexibility index (Phi) is 2.82. The summed E-state index contributed by atoms with van der Waals surface area (Å²) in [5.41, 5.74) is -0.180. The van der Waals surface area contributed by atoms with E-state index >= 15 is 0 Å². The number of nitrogens with zero attached hydrogens (tertiary/aromatic N) is 1. The second-order valence-electron chi connectivity index (χ2n) is 2.13. The van der Waals surface area contributed by atoms with Crippen LogP contribution < -0.4 is 0 Å². The molecule has 9 heavy (non-hydrogen) atoms. The molecule has 0 spiro atoms. The van der Waals surface area contributed by atoms with Crippen molar-refractivity contribution in [2.24, 2.45) is 0 Å². The second kappa shape index (κ2) is 3.44. The van der Waals surface area contributed by atoms with Crippen LogP contribution in [0.4, 0.5) is 0 Å². The minimum atomic E-state index is -0.180. The molecule has 2 nitrogen and oxygen atoms in total. The lowest BCUT2D eigenvalue weighted by Gasteiger charge is -2.27. The Hall–Kier alpha value is 0.270. The van der Waals surface area contributed by atoms with Gasteiger partial charge in [0.15, 0.2) is 0 Å². The molecule has 1 aliphatic heterocycles. The highest BCUT2D eigenvalue weighted by atomic mass is 32.2. The Morgan fingerprint density at radius 1 is 1.78 bits per heavy atom. The first-order valence-corrected chi connectivity index (χ1v) is 4.19. The molecule has 1 heterocycles. The Morgan fingerprint density at radius 3 is 3.00 bits per heavy atom. The van der Waals surface area contributed by atoms with Crippen molar-refractivity contribution in [3.63, 3.8) is 0 Å². The summed E-state index contributed by atoms with van der Waals surface area (Å²) in [6.07, 6.45) is 0. The summed E-state index contributed by atoms with van der Waals surface area (Å²) in [6, 6.07) is 0. The van der Waals surface area contributed by atoms with Gasteiger partial charge in [-0.1, -0.05) is 0 Å². The van der Waals surface area contributed by atoms with Crippen LogP contribution in [0.3, 0.4) is 0 Å². The third kappa shape index (κ3) is 2.16. The van der Waals surface area contributed by atoms with Crippen molar-refractivity contribution in [1.82, 2.24) is 4.90 Å². The zero-order chi connectivity index (χ0) is 6.69. The van der Waals surface area contributed by atoms with Crippen molar-refractivity contribution in [3.8, 4) is 0 Å². The molecule has 1 N–H and O–H groups in total. The molecule has 1 aliphatic rings. The quantitative estimate of drug-likeness (QED) is 0.571. The van der Waals surface area contributed by atoms with E-state index in [1.54, 1.807) is 11.8 Å². The van der Waals surface area contributed by atoms with Crippen LogP contribution in [-0.4, -0.2) is 40.8 Å². The van der Waals surface area contributed by atoms with Crippen LogP contribution in [0.2, 0.25) is 0 Å². The number of hydrogen-bond acceptors (Lipinski definition) is 3. The molecule has 1 rings (SSSR count). The standard InChI is InChI=1S/C6H12NOS/c1-2-7-3-4-9-6(8)5-7/h6,8H,1-5H2. The van der Waals surface area contributed by atoms with Crippen molar-refractivity contribution in [2.75, 3.05) is 25.4 Å². The van der Waals surface area contributed by atoms with Crippen molar-refractivity contribution < 1.29 is 5.11 Å². The molecule has 3 heteroatoms. The minimum Gasteiger partial charge on any atom is -0.381 e. The Labute approximate surface area is 60.2 Å². The van der Waals surface area contributed by atoms with Crippen LogP contribution in [0, 0.1) is 6.92 Å². The maximum atomic E-state index is 9.10. The maximum Gasteiger partial charge on any atom is 0.112 e. The molecule has 53 valence electrons. The van der Waals surface area contributed by atoms with E-state index < -0.39 is 0 Å². The van der Waals surface area contributed by atoms with Crippen LogP contribution in [0.25, 0.3) is 0 Å². The average molecular weight is 146 g/mol. The lowest BCUT2D eigenvalue weighted by molar-refractivity contribution is 0.180. The van der Waals surface area contributed by atoms with Crippen LogP contribution in [0.5, 0.6) is 0 Å². The zero-order valence-electron chi connectivity index (χ0n) is 5.42. The van der Waals surface area contributed by atoms with Gasteiger partial charge < -0.3 is 5.11 Å². The number of β-amino-alcohol motifs (C(OH)–C–C–N with tert-alkyl or cyclic N) is 1. The fraction of sp³-hybridized carbons (Fsp3) is 0.833. The van der Waals surface area contributed by atoms with E-state index in [1.807, 2.05) is 0 Å². The number of hydrogen-bond donors (Lipinski definition) is 1. The third-order valence-corrected chi connectivity index (χ3v) is 2.40. The summed E-state index contributed by atoms with van der Waals surface area (Å²) in [4.78, 5) is 2.15. The topological polar surface area (TPSA) is 23.5 Å². The van der Waals surface area contributed by atoms with Crippen LogP contribution >= 0.6 is 11.8 Å². The van der Waals surface area contributed by atoms with Crippen LogP contribution in [0.15, 0.2) is 0 Å². The monoisotopic (exact) mass is 146 g/mol. The normalized spacial score (nSPS) is 30.7.